The molecule has 1 saturated heterocycles. The molecule has 2 aromatic carbocycles. The minimum Gasteiger partial charge on any atom is -0.493 e. The zero-order valence-corrected chi connectivity index (χ0v) is 17.5. The highest BCUT2D eigenvalue weighted by atomic mass is 32.2. The predicted octanol–water partition coefficient (Wildman–Crippen LogP) is 4.08. The van der Waals surface area contributed by atoms with E-state index in [9.17, 15) is 4.79 Å². The summed E-state index contributed by atoms with van der Waals surface area (Å²) < 4.78 is 5.59. The lowest BCUT2D eigenvalue weighted by Gasteiger charge is -2.35. The molecule has 0 unspecified atom stereocenters. The maximum Gasteiger partial charge on any atom is 0.253 e. The maximum atomic E-state index is 12.8. The highest BCUT2D eigenvalue weighted by Crippen LogP contribution is 2.27. The summed E-state index contributed by atoms with van der Waals surface area (Å²) in [5, 5.41) is 0.549. The van der Waals surface area contributed by atoms with Gasteiger partial charge in [-0.15, -0.1) is 11.8 Å². The summed E-state index contributed by atoms with van der Waals surface area (Å²) in [7, 11) is 0. The van der Waals surface area contributed by atoms with Crippen molar-refractivity contribution < 1.29 is 9.53 Å². The molecule has 0 aliphatic carbocycles. The van der Waals surface area contributed by atoms with Crippen molar-refractivity contribution in [3.63, 3.8) is 0 Å². The quantitative estimate of drug-likeness (QED) is 0.713. The first-order valence-electron chi connectivity index (χ1n) is 10.1. The molecule has 1 fully saturated rings. The van der Waals surface area contributed by atoms with E-state index in [1.54, 1.807) is 0 Å². The molecule has 0 bridgehead atoms. The van der Waals surface area contributed by atoms with Crippen molar-refractivity contribution in [2.45, 2.75) is 37.0 Å². The van der Waals surface area contributed by atoms with Crippen LogP contribution in [0.1, 0.15) is 35.3 Å². The van der Waals surface area contributed by atoms with Crippen molar-refractivity contribution in [1.82, 2.24) is 9.80 Å². The molecule has 28 heavy (non-hydrogen) atoms. The second-order valence-electron chi connectivity index (χ2n) is 7.80. The molecule has 2 aliphatic heterocycles. The molecular formula is C23H28N2O2S. The van der Waals surface area contributed by atoms with Gasteiger partial charge in [-0.1, -0.05) is 26.0 Å². The van der Waals surface area contributed by atoms with Gasteiger partial charge in [-0.2, -0.15) is 0 Å². The van der Waals surface area contributed by atoms with E-state index < -0.39 is 0 Å². The van der Waals surface area contributed by atoms with Crippen molar-refractivity contribution >= 4 is 17.7 Å². The minimum atomic E-state index is 0.149. The van der Waals surface area contributed by atoms with Gasteiger partial charge in [0, 0.05) is 54.9 Å². The van der Waals surface area contributed by atoms with Crippen LogP contribution in [0.5, 0.6) is 5.75 Å². The summed E-state index contributed by atoms with van der Waals surface area (Å²) in [6.45, 7) is 9.51. The highest BCUT2D eigenvalue weighted by molar-refractivity contribution is 7.99. The molecule has 2 heterocycles. The van der Waals surface area contributed by atoms with E-state index >= 15 is 0 Å². The fourth-order valence-electron chi connectivity index (χ4n) is 3.84. The fourth-order valence-corrected chi connectivity index (χ4v) is 4.67. The first kappa shape index (κ1) is 19.3. The lowest BCUT2D eigenvalue weighted by Crippen LogP contribution is -2.48. The molecule has 5 heteroatoms. The lowest BCUT2D eigenvalue weighted by molar-refractivity contribution is 0.0628. The van der Waals surface area contributed by atoms with Crippen molar-refractivity contribution in [2.75, 3.05) is 32.8 Å². The number of carbonyl (C=O) groups is 1. The summed E-state index contributed by atoms with van der Waals surface area (Å²) in [6, 6.07) is 14.6. The van der Waals surface area contributed by atoms with Crippen LogP contribution in [0.25, 0.3) is 0 Å². The van der Waals surface area contributed by atoms with Gasteiger partial charge in [-0.25, -0.2) is 0 Å². The number of benzene rings is 2. The average molecular weight is 397 g/mol. The second-order valence-corrected chi connectivity index (χ2v) is 9.45. The summed E-state index contributed by atoms with van der Waals surface area (Å²) in [5.41, 5.74) is 3.45. The van der Waals surface area contributed by atoms with Gasteiger partial charge in [0.15, 0.2) is 0 Å². The molecule has 4 rings (SSSR count). The summed E-state index contributed by atoms with van der Waals surface area (Å²) >= 11 is 1.82. The number of thioether (sulfide) groups is 1. The number of nitrogens with zero attached hydrogens (tertiary/aromatic N) is 2. The topological polar surface area (TPSA) is 32.8 Å². The Morgan fingerprint density at radius 1 is 1.07 bits per heavy atom. The first-order chi connectivity index (χ1) is 13.6. The highest BCUT2D eigenvalue weighted by Gasteiger charge is 2.22. The van der Waals surface area contributed by atoms with E-state index in [2.05, 4.69) is 49.1 Å². The fraction of sp³-hybridized carbons (Fsp3) is 0.435. The third-order valence-corrected chi connectivity index (χ3v) is 6.31. The number of amides is 1. The number of rotatable bonds is 5. The summed E-state index contributed by atoms with van der Waals surface area (Å²) in [6.07, 6.45) is 1.01. The number of fused-ring (bicyclic) bond motifs is 1. The molecule has 0 spiro atoms. The number of piperazine rings is 1. The molecule has 2 aliphatic rings. The van der Waals surface area contributed by atoms with Gasteiger partial charge >= 0.3 is 0 Å². The Hall–Kier alpha value is -1.98. The average Bonchev–Trinajstić information content (AvgIpc) is 3.16. The number of ether oxygens (including phenoxy) is 1. The standard InChI is InChI=1S/C23H28N2O2S/c1-17(2)28-21-6-4-19(5-7-21)23(26)25-12-10-24(11-13-25)16-18-3-8-22-20(15-18)9-14-27-22/h3-8,15,17H,9-14,16H2,1-2H3. The molecule has 1 amide bonds. The van der Waals surface area contributed by atoms with E-state index in [4.69, 9.17) is 4.74 Å². The van der Waals surface area contributed by atoms with E-state index in [1.165, 1.54) is 16.0 Å². The zero-order chi connectivity index (χ0) is 19.5. The number of carbonyl (C=O) groups excluding carboxylic acids is 1. The number of hydrogen-bond acceptors (Lipinski definition) is 4. The van der Waals surface area contributed by atoms with Crippen molar-refractivity contribution in [3.8, 4) is 5.75 Å². The van der Waals surface area contributed by atoms with Gasteiger partial charge < -0.3 is 9.64 Å². The van der Waals surface area contributed by atoms with Gasteiger partial charge in [0.05, 0.1) is 6.61 Å². The second kappa shape index (κ2) is 8.58. The Bertz CT molecular complexity index is 827. The third kappa shape index (κ3) is 4.53. The van der Waals surface area contributed by atoms with Crippen LogP contribution in [0.4, 0.5) is 0 Å². The van der Waals surface area contributed by atoms with Gasteiger partial charge in [-0.05, 0) is 41.5 Å². The van der Waals surface area contributed by atoms with E-state index in [0.717, 1.165) is 57.1 Å². The van der Waals surface area contributed by atoms with Crippen LogP contribution >= 0.6 is 11.8 Å². The van der Waals surface area contributed by atoms with E-state index in [1.807, 2.05) is 28.8 Å². The Kier molecular flexibility index (Phi) is 5.93. The third-order valence-electron chi connectivity index (χ3n) is 5.29. The normalized spacial score (nSPS) is 16.9. The van der Waals surface area contributed by atoms with Crippen LogP contribution in [0.2, 0.25) is 0 Å². The molecule has 0 atom stereocenters. The Balaban J connectivity index is 1.30. The molecular weight excluding hydrogens is 368 g/mol. The monoisotopic (exact) mass is 396 g/mol. The van der Waals surface area contributed by atoms with Crippen LogP contribution in [0, 0.1) is 0 Å². The first-order valence-corrected chi connectivity index (χ1v) is 11.0. The Morgan fingerprint density at radius 3 is 2.54 bits per heavy atom. The van der Waals surface area contributed by atoms with Crippen LogP contribution in [-0.2, 0) is 13.0 Å². The number of hydrogen-bond donors (Lipinski definition) is 0. The molecule has 0 aromatic heterocycles. The smallest absolute Gasteiger partial charge is 0.253 e. The van der Waals surface area contributed by atoms with E-state index in [0.29, 0.717) is 5.25 Å². The van der Waals surface area contributed by atoms with Crippen LogP contribution in [0.3, 0.4) is 0 Å². The van der Waals surface area contributed by atoms with Gasteiger partial charge in [0.2, 0.25) is 0 Å². The van der Waals surface area contributed by atoms with E-state index in [-0.39, 0.29) is 5.91 Å². The minimum absolute atomic E-state index is 0.149. The van der Waals surface area contributed by atoms with Crippen LogP contribution in [0.15, 0.2) is 47.4 Å². The maximum absolute atomic E-state index is 12.8. The van der Waals surface area contributed by atoms with Gasteiger partial charge in [0.1, 0.15) is 5.75 Å². The Labute approximate surface area is 171 Å². The molecule has 2 aromatic rings. The SMILES string of the molecule is CC(C)Sc1ccc(C(=O)N2CCN(Cc3ccc4c(c3)CCO4)CC2)cc1. The van der Waals surface area contributed by atoms with Gasteiger partial charge in [-0.3, -0.25) is 9.69 Å². The molecule has 0 N–H and O–H groups in total. The largest absolute Gasteiger partial charge is 0.493 e. The van der Waals surface area contributed by atoms with Crippen LogP contribution in [-0.4, -0.2) is 53.7 Å². The zero-order valence-electron chi connectivity index (χ0n) is 16.7. The van der Waals surface area contributed by atoms with Crippen LogP contribution < -0.4 is 4.74 Å². The predicted molar refractivity (Wildman–Crippen MR) is 114 cm³/mol. The van der Waals surface area contributed by atoms with Gasteiger partial charge in [0.25, 0.3) is 5.91 Å². The van der Waals surface area contributed by atoms with Crippen molar-refractivity contribution in [3.05, 3.63) is 59.2 Å². The molecule has 148 valence electrons. The lowest BCUT2D eigenvalue weighted by atomic mass is 10.1. The Morgan fingerprint density at radius 2 is 1.82 bits per heavy atom. The van der Waals surface area contributed by atoms with Crippen molar-refractivity contribution in [1.29, 1.82) is 0 Å². The molecule has 0 saturated carbocycles. The molecule has 4 nitrogen and oxygen atoms in total. The summed E-state index contributed by atoms with van der Waals surface area (Å²) in [5.74, 6) is 1.19. The summed E-state index contributed by atoms with van der Waals surface area (Å²) in [4.78, 5) is 18.4. The molecule has 0 radical (unpaired) electrons. The van der Waals surface area contributed by atoms with Crippen molar-refractivity contribution in [2.24, 2.45) is 0 Å².